The molecule has 180 valence electrons. The molecule has 5 heteroatoms. The Labute approximate surface area is 204 Å². The first-order valence-corrected chi connectivity index (χ1v) is 13.4. The monoisotopic (exact) mass is 477 g/mol. The number of benzene rings is 3. The smallest absolute Gasteiger partial charge is 0.179 e. The molecular weight excluding hydrogens is 442 g/mol. The zero-order chi connectivity index (χ0) is 24.9. The van der Waals surface area contributed by atoms with Gasteiger partial charge in [-0.2, -0.15) is 0 Å². The van der Waals surface area contributed by atoms with Crippen LogP contribution in [0.5, 0.6) is 0 Å². The number of carbonyl (C=O) groups excluding carboxylic acids is 1. The molecule has 0 fully saturated rings. The molecule has 0 spiro atoms. The van der Waals surface area contributed by atoms with Crippen molar-refractivity contribution in [3.05, 3.63) is 95.1 Å². The maximum atomic E-state index is 13.5. The van der Waals surface area contributed by atoms with Gasteiger partial charge in [0.05, 0.1) is 10.6 Å². The molecule has 34 heavy (non-hydrogen) atoms. The molecule has 0 N–H and O–H groups in total. The van der Waals surface area contributed by atoms with E-state index in [1.54, 1.807) is 24.3 Å². The van der Waals surface area contributed by atoms with E-state index in [-0.39, 0.29) is 16.4 Å². The fourth-order valence-corrected chi connectivity index (χ4v) is 5.48. The molecule has 1 unspecified atom stereocenters. The number of hydrogen-bond acceptors (Lipinski definition) is 4. The molecule has 0 aliphatic heterocycles. The van der Waals surface area contributed by atoms with Gasteiger partial charge in [-0.15, -0.1) is 0 Å². The molecule has 1 atom stereocenters. The summed E-state index contributed by atoms with van der Waals surface area (Å²) >= 11 is 0. The molecule has 0 saturated heterocycles. The predicted molar refractivity (Wildman–Crippen MR) is 141 cm³/mol. The quantitative estimate of drug-likeness (QED) is 0.333. The van der Waals surface area contributed by atoms with E-state index >= 15 is 0 Å². The fraction of sp³-hybridized carbons (Fsp3) is 0.345. The Kier molecular flexibility index (Phi) is 8.32. The van der Waals surface area contributed by atoms with E-state index in [1.807, 2.05) is 69.4 Å². The Morgan fingerprint density at radius 3 is 1.88 bits per heavy atom. The average Bonchev–Trinajstić information content (AvgIpc) is 2.82. The zero-order valence-corrected chi connectivity index (χ0v) is 21.6. The highest BCUT2D eigenvalue weighted by Gasteiger charge is 2.27. The van der Waals surface area contributed by atoms with Crippen LogP contribution in [0.2, 0.25) is 0 Å². The number of ketones is 1. The van der Waals surface area contributed by atoms with Crippen molar-refractivity contribution in [3.8, 4) is 0 Å². The molecule has 0 aliphatic carbocycles. The summed E-state index contributed by atoms with van der Waals surface area (Å²) in [5.41, 5.74) is 4.84. The second-order valence-corrected chi connectivity index (χ2v) is 11.5. The third kappa shape index (κ3) is 6.57. The summed E-state index contributed by atoms with van der Waals surface area (Å²) in [6, 6.07) is 22.8. The van der Waals surface area contributed by atoms with Gasteiger partial charge in [-0.05, 0) is 82.5 Å². The van der Waals surface area contributed by atoms with Crippen LogP contribution in [-0.4, -0.2) is 33.0 Å². The maximum absolute atomic E-state index is 13.5. The highest BCUT2D eigenvalue weighted by molar-refractivity contribution is 7.91. The summed E-state index contributed by atoms with van der Waals surface area (Å²) in [6.45, 7) is 8.17. The van der Waals surface area contributed by atoms with Crippen LogP contribution in [0.15, 0.2) is 77.7 Å². The minimum Gasteiger partial charge on any atom is -0.372 e. The zero-order valence-electron chi connectivity index (χ0n) is 20.8. The SMILES string of the molecule is Cc1ccc(CCC(CS(=O)(=O)c2ccc(C)cc2)C(=O)c2ccc(N(C)C(C)C)cc2)cc1. The molecule has 0 amide bonds. The second-order valence-electron chi connectivity index (χ2n) is 9.43. The Balaban J connectivity index is 1.86. The van der Waals surface area contributed by atoms with E-state index in [2.05, 4.69) is 18.7 Å². The molecule has 0 heterocycles. The molecule has 3 aromatic rings. The number of anilines is 1. The average molecular weight is 478 g/mol. The minimum atomic E-state index is -3.60. The van der Waals surface area contributed by atoms with Gasteiger partial charge in [0.15, 0.2) is 15.6 Å². The molecule has 0 saturated carbocycles. The lowest BCUT2D eigenvalue weighted by Gasteiger charge is -2.24. The van der Waals surface area contributed by atoms with E-state index in [0.29, 0.717) is 24.4 Å². The molecule has 0 radical (unpaired) electrons. The highest BCUT2D eigenvalue weighted by atomic mass is 32.2. The standard InChI is InChI=1S/C29H35NO3S/c1-21(2)30(5)27-16-14-25(15-17-27)29(31)26(13-12-24-10-6-22(3)7-11-24)20-34(32,33)28-18-8-23(4)9-19-28/h6-11,14-19,21,26H,12-13,20H2,1-5H3. The molecule has 0 aromatic heterocycles. The number of Topliss-reactive ketones (excluding diaryl/α,β-unsaturated/α-hetero) is 1. The van der Waals surface area contributed by atoms with Crippen LogP contribution in [0.25, 0.3) is 0 Å². The highest BCUT2D eigenvalue weighted by Crippen LogP contribution is 2.24. The van der Waals surface area contributed by atoms with Crippen molar-refractivity contribution in [2.24, 2.45) is 5.92 Å². The maximum Gasteiger partial charge on any atom is 0.179 e. The van der Waals surface area contributed by atoms with Crippen molar-refractivity contribution < 1.29 is 13.2 Å². The molecule has 3 aromatic carbocycles. The normalized spacial score (nSPS) is 12.5. The summed E-state index contributed by atoms with van der Waals surface area (Å²) in [5.74, 6) is -0.947. The molecule has 3 rings (SSSR count). The topological polar surface area (TPSA) is 54.5 Å². The van der Waals surface area contributed by atoms with Gasteiger partial charge in [0.25, 0.3) is 0 Å². The third-order valence-electron chi connectivity index (χ3n) is 6.41. The van der Waals surface area contributed by atoms with Gasteiger partial charge in [0.1, 0.15) is 0 Å². The molecule has 4 nitrogen and oxygen atoms in total. The van der Waals surface area contributed by atoms with Gasteiger partial charge in [-0.1, -0.05) is 47.5 Å². The Hall–Kier alpha value is -2.92. The minimum absolute atomic E-state index is 0.124. The van der Waals surface area contributed by atoms with Crippen LogP contribution in [0, 0.1) is 19.8 Å². The van der Waals surface area contributed by atoms with Gasteiger partial charge in [-0.3, -0.25) is 4.79 Å². The Morgan fingerprint density at radius 1 is 0.824 bits per heavy atom. The van der Waals surface area contributed by atoms with Gasteiger partial charge < -0.3 is 4.90 Å². The van der Waals surface area contributed by atoms with Gasteiger partial charge >= 0.3 is 0 Å². The third-order valence-corrected chi connectivity index (χ3v) is 8.24. The van der Waals surface area contributed by atoms with E-state index in [1.165, 1.54) is 5.56 Å². The van der Waals surface area contributed by atoms with E-state index in [9.17, 15) is 13.2 Å². The Bertz CT molecular complexity index is 1200. The van der Waals surface area contributed by atoms with Crippen LogP contribution in [-0.2, 0) is 16.3 Å². The first-order chi connectivity index (χ1) is 16.1. The van der Waals surface area contributed by atoms with Crippen LogP contribution >= 0.6 is 0 Å². The largest absolute Gasteiger partial charge is 0.372 e. The second kappa shape index (κ2) is 11.0. The molecule has 0 bridgehead atoms. The van der Waals surface area contributed by atoms with Crippen molar-refractivity contribution >= 4 is 21.3 Å². The lowest BCUT2D eigenvalue weighted by atomic mass is 9.92. The Morgan fingerprint density at radius 2 is 1.35 bits per heavy atom. The van der Waals surface area contributed by atoms with Crippen LogP contribution < -0.4 is 4.90 Å². The lowest BCUT2D eigenvalue weighted by molar-refractivity contribution is 0.0926. The summed E-state index contributed by atoms with van der Waals surface area (Å²) in [6.07, 6.45) is 1.12. The van der Waals surface area contributed by atoms with E-state index in [0.717, 1.165) is 16.8 Å². The van der Waals surface area contributed by atoms with Crippen molar-refractivity contribution in [2.75, 3.05) is 17.7 Å². The van der Waals surface area contributed by atoms with E-state index in [4.69, 9.17) is 0 Å². The van der Waals surface area contributed by atoms with Gasteiger partial charge in [0, 0.05) is 30.3 Å². The lowest BCUT2D eigenvalue weighted by Crippen LogP contribution is -2.26. The predicted octanol–water partition coefficient (Wildman–Crippen LogP) is 6.05. The van der Waals surface area contributed by atoms with Crippen LogP contribution in [0.1, 0.15) is 47.3 Å². The number of aryl methyl sites for hydroxylation is 3. The summed E-state index contributed by atoms with van der Waals surface area (Å²) in [7, 11) is -1.59. The molecule has 0 aliphatic rings. The van der Waals surface area contributed by atoms with Crippen molar-refractivity contribution in [3.63, 3.8) is 0 Å². The number of carbonyl (C=O) groups is 1. The summed E-state index contributed by atoms with van der Waals surface area (Å²) < 4.78 is 26.4. The van der Waals surface area contributed by atoms with Crippen LogP contribution in [0.3, 0.4) is 0 Å². The molecular formula is C29H35NO3S. The van der Waals surface area contributed by atoms with Crippen molar-refractivity contribution in [2.45, 2.75) is 51.5 Å². The van der Waals surface area contributed by atoms with Crippen molar-refractivity contribution in [1.82, 2.24) is 0 Å². The van der Waals surface area contributed by atoms with E-state index < -0.39 is 15.8 Å². The first kappa shape index (κ1) is 25.7. The van der Waals surface area contributed by atoms with Gasteiger partial charge in [0.2, 0.25) is 0 Å². The number of hydrogen-bond donors (Lipinski definition) is 0. The number of rotatable bonds is 10. The first-order valence-electron chi connectivity index (χ1n) is 11.8. The van der Waals surface area contributed by atoms with Crippen molar-refractivity contribution in [1.29, 1.82) is 0 Å². The fourth-order valence-electron chi connectivity index (χ4n) is 3.89. The summed E-state index contributed by atoms with van der Waals surface area (Å²) in [4.78, 5) is 15.9. The van der Waals surface area contributed by atoms with Gasteiger partial charge in [-0.25, -0.2) is 8.42 Å². The number of nitrogens with zero attached hydrogens (tertiary/aromatic N) is 1. The summed E-state index contributed by atoms with van der Waals surface area (Å²) in [5, 5.41) is 0. The van der Waals surface area contributed by atoms with Crippen LogP contribution in [0.4, 0.5) is 5.69 Å². The number of sulfone groups is 1.